The number of nitrogens with zero attached hydrogens (tertiary/aromatic N) is 1. The molecule has 0 amide bonds. The van der Waals surface area contributed by atoms with Gasteiger partial charge in [-0.25, -0.2) is 4.39 Å². The topological polar surface area (TPSA) is 45.7 Å². The summed E-state index contributed by atoms with van der Waals surface area (Å²) in [6.07, 6.45) is 2.41. The number of aryl methyl sites for hydroxylation is 1. The van der Waals surface area contributed by atoms with Gasteiger partial charge in [-0.1, -0.05) is 12.1 Å². The molecule has 2 unspecified atom stereocenters. The fourth-order valence-corrected chi connectivity index (χ4v) is 2.47. The lowest BCUT2D eigenvalue weighted by Gasteiger charge is -2.19. The Morgan fingerprint density at radius 2 is 2.32 bits per heavy atom. The third-order valence-corrected chi connectivity index (χ3v) is 3.87. The van der Waals surface area contributed by atoms with Crippen LogP contribution in [-0.2, 0) is 4.74 Å². The van der Waals surface area contributed by atoms with E-state index in [4.69, 9.17) is 4.74 Å². The number of nitrogens with one attached hydrogen (secondary N) is 2. The van der Waals surface area contributed by atoms with E-state index in [1.165, 1.54) is 0 Å². The maximum atomic E-state index is 13.7. The average Bonchev–Trinajstić information content (AvgIpc) is 3.01. The Kier molecular flexibility index (Phi) is 6.19. The van der Waals surface area contributed by atoms with Gasteiger partial charge < -0.3 is 15.4 Å². The Labute approximate surface area is 132 Å². The zero-order chi connectivity index (χ0) is 15.9. The van der Waals surface area contributed by atoms with E-state index in [0.29, 0.717) is 12.1 Å². The first-order valence-electron chi connectivity index (χ1n) is 8.02. The van der Waals surface area contributed by atoms with Gasteiger partial charge in [0.2, 0.25) is 0 Å². The minimum Gasteiger partial charge on any atom is -0.376 e. The Bertz CT molecular complexity index is 513. The summed E-state index contributed by atoms with van der Waals surface area (Å²) in [7, 11) is 0. The lowest BCUT2D eigenvalue weighted by atomic mass is 10.1. The summed E-state index contributed by atoms with van der Waals surface area (Å²) in [5.74, 6) is 0.568. The molecule has 4 nitrogen and oxygen atoms in total. The molecule has 22 heavy (non-hydrogen) atoms. The lowest BCUT2D eigenvalue weighted by Crippen LogP contribution is -2.39. The molecule has 1 saturated heterocycles. The molecule has 0 saturated carbocycles. The maximum absolute atomic E-state index is 13.7. The first-order chi connectivity index (χ1) is 10.6. The van der Waals surface area contributed by atoms with E-state index in [1.807, 2.05) is 19.9 Å². The SMILES string of the molecule is CCNC(=NCC1CCCO1)NC(C)c1ccc(C)c(F)c1. The van der Waals surface area contributed by atoms with E-state index < -0.39 is 0 Å². The van der Waals surface area contributed by atoms with Crippen LogP contribution in [0, 0.1) is 12.7 Å². The van der Waals surface area contributed by atoms with Crippen LogP contribution in [0.4, 0.5) is 4.39 Å². The second-order valence-electron chi connectivity index (χ2n) is 5.73. The summed E-state index contributed by atoms with van der Waals surface area (Å²) in [6.45, 7) is 8.08. The van der Waals surface area contributed by atoms with Crippen molar-refractivity contribution in [2.75, 3.05) is 19.7 Å². The molecule has 1 aromatic rings. The predicted octanol–water partition coefficient (Wildman–Crippen LogP) is 2.93. The third-order valence-electron chi connectivity index (χ3n) is 3.87. The molecule has 2 atom stereocenters. The Hall–Kier alpha value is -1.62. The lowest BCUT2D eigenvalue weighted by molar-refractivity contribution is 0.117. The molecule has 1 aromatic carbocycles. The highest BCUT2D eigenvalue weighted by Gasteiger charge is 2.15. The first kappa shape index (κ1) is 16.7. The van der Waals surface area contributed by atoms with Crippen molar-refractivity contribution in [3.05, 3.63) is 35.1 Å². The van der Waals surface area contributed by atoms with Gasteiger partial charge in [0, 0.05) is 13.2 Å². The molecular weight excluding hydrogens is 281 g/mol. The zero-order valence-electron chi connectivity index (χ0n) is 13.7. The van der Waals surface area contributed by atoms with Gasteiger partial charge in [0.05, 0.1) is 18.7 Å². The summed E-state index contributed by atoms with van der Waals surface area (Å²) in [4.78, 5) is 4.58. The van der Waals surface area contributed by atoms with Crippen molar-refractivity contribution in [1.29, 1.82) is 0 Å². The van der Waals surface area contributed by atoms with Crippen molar-refractivity contribution < 1.29 is 9.13 Å². The smallest absolute Gasteiger partial charge is 0.191 e. The van der Waals surface area contributed by atoms with E-state index in [0.717, 1.165) is 37.5 Å². The summed E-state index contributed by atoms with van der Waals surface area (Å²) in [5, 5.41) is 6.54. The highest BCUT2D eigenvalue weighted by molar-refractivity contribution is 5.80. The van der Waals surface area contributed by atoms with Crippen LogP contribution in [0.3, 0.4) is 0 Å². The van der Waals surface area contributed by atoms with Gasteiger partial charge in [-0.2, -0.15) is 0 Å². The summed E-state index contributed by atoms with van der Waals surface area (Å²) in [5.41, 5.74) is 1.57. The fraction of sp³-hybridized carbons (Fsp3) is 0.588. The third kappa shape index (κ3) is 4.70. The molecular formula is C17H26FN3O. The van der Waals surface area contributed by atoms with Gasteiger partial charge in [-0.05, 0) is 50.8 Å². The number of halogens is 1. The summed E-state index contributed by atoms with van der Waals surface area (Å²) >= 11 is 0. The van der Waals surface area contributed by atoms with Crippen molar-refractivity contribution in [1.82, 2.24) is 10.6 Å². The van der Waals surface area contributed by atoms with Crippen LogP contribution in [0.5, 0.6) is 0 Å². The van der Waals surface area contributed by atoms with E-state index in [9.17, 15) is 4.39 Å². The van der Waals surface area contributed by atoms with E-state index in [1.54, 1.807) is 19.1 Å². The number of rotatable bonds is 5. The van der Waals surface area contributed by atoms with Crippen LogP contribution >= 0.6 is 0 Å². The number of benzene rings is 1. The molecule has 122 valence electrons. The van der Waals surface area contributed by atoms with Crippen LogP contribution < -0.4 is 10.6 Å². The first-order valence-corrected chi connectivity index (χ1v) is 8.02. The minimum atomic E-state index is -0.174. The molecule has 5 heteroatoms. The van der Waals surface area contributed by atoms with Gasteiger partial charge in [-0.15, -0.1) is 0 Å². The number of ether oxygens (including phenoxy) is 1. The zero-order valence-corrected chi connectivity index (χ0v) is 13.7. The maximum Gasteiger partial charge on any atom is 0.191 e. The van der Waals surface area contributed by atoms with Crippen molar-refractivity contribution in [2.45, 2.75) is 45.8 Å². The highest BCUT2D eigenvalue weighted by atomic mass is 19.1. The molecule has 0 bridgehead atoms. The number of hydrogen-bond donors (Lipinski definition) is 2. The number of hydrogen-bond acceptors (Lipinski definition) is 2. The van der Waals surface area contributed by atoms with Crippen molar-refractivity contribution in [3.63, 3.8) is 0 Å². The molecule has 0 radical (unpaired) electrons. The van der Waals surface area contributed by atoms with Crippen molar-refractivity contribution in [3.8, 4) is 0 Å². The van der Waals surface area contributed by atoms with Gasteiger partial charge in [0.1, 0.15) is 5.82 Å². The molecule has 1 aliphatic rings. The normalized spacial score (nSPS) is 20.0. The van der Waals surface area contributed by atoms with E-state index in [-0.39, 0.29) is 18.0 Å². The standard InChI is InChI=1S/C17H26FN3O/c1-4-19-17(20-11-15-6-5-9-22-15)21-13(3)14-8-7-12(2)16(18)10-14/h7-8,10,13,15H,4-6,9,11H2,1-3H3,(H2,19,20,21). The molecule has 1 fully saturated rings. The van der Waals surface area contributed by atoms with Gasteiger partial charge in [-0.3, -0.25) is 4.99 Å². The molecule has 0 spiro atoms. The van der Waals surface area contributed by atoms with E-state index in [2.05, 4.69) is 15.6 Å². The van der Waals surface area contributed by atoms with Crippen LogP contribution in [0.25, 0.3) is 0 Å². The van der Waals surface area contributed by atoms with Crippen LogP contribution in [0.1, 0.15) is 43.9 Å². The number of aliphatic imine (C=N–C) groups is 1. The molecule has 1 heterocycles. The highest BCUT2D eigenvalue weighted by Crippen LogP contribution is 2.16. The van der Waals surface area contributed by atoms with Crippen molar-refractivity contribution >= 4 is 5.96 Å². The summed E-state index contributed by atoms with van der Waals surface area (Å²) < 4.78 is 19.3. The molecule has 0 aromatic heterocycles. The van der Waals surface area contributed by atoms with Gasteiger partial charge in [0.15, 0.2) is 5.96 Å². The molecule has 1 aliphatic heterocycles. The largest absolute Gasteiger partial charge is 0.376 e. The Balaban J connectivity index is 1.98. The van der Waals surface area contributed by atoms with Crippen LogP contribution in [0.15, 0.2) is 23.2 Å². The second-order valence-corrected chi connectivity index (χ2v) is 5.73. The van der Waals surface area contributed by atoms with Gasteiger partial charge in [0.25, 0.3) is 0 Å². The molecule has 2 rings (SSSR count). The fourth-order valence-electron chi connectivity index (χ4n) is 2.47. The summed E-state index contributed by atoms with van der Waals surface area (Å²) in [6, 6.07) is 5.31. The quantitative estimate of drug-likeness (QED) is 0.649. The predicted molar refractivity (Wildman–Crippen MR) is 87.6 cm³/mol. The van der Waals surface area contributed by atoms with Crippen LogP contribution in [-0.4, -0.2) is 31.8 Å². The number of guanidine groups is 1. The average molecular weight is 307 g/mol. The van der Waals surface area contributed by atoms with Crippen molar-refractivity contribution in [2.24, 2.45) is 4.99 Å². The second kappa shape index (κ2) is 8.13. The Morgan fingerprint density at radius 1 is 1.50 bits per heavy atom. The monoisotopic (exact) mass is 307 g/mol. The molecule has 2 N–H and O–H groups in total. The molecule has 0 aliphatic carbocycles. The van der Waals surface area contributed by atoms with Gasteiger partial charge >= 0.3 is 0 Å². The Morgan fingerprint density at radius 3 is 2.95 bits per heavy atom. The minimum absolute atomic E-state index is 0.0163. The van der Waals surface area contributed by atoms with Crippen LogP contribution in [0.2, 0.25) is 0 Å². The van der Waals surface area contributed by atoms with E-state index >= 15 is 0 Å².